The molecule has 0 bridgehead atoms. The number of benzene rings is 1. The van der Waals surface area contributed by atoms with Crippen LogP contribution in [0.5, 0.6) is 0 Å². The van der Waals surface area contributed by atoms with Gasteiger partial charge in [0.15, 0.2) is 0 Å². The van der Waals surface area contributed by atoms with Crippen LogP contribution in [0.2, 0.25) is 0 Å². The monoisotopic (exact) mass is 387 g/mol. The minimum Gasteiger partial charge on any atom is -0.466 e. The van der Waals surface area contributed by atoms with Crippen molar-refractivity contribution in [2.24, 2.45) is 5.41 Å². The number of ether oxygens (including phenoxy) is 1. The zero-order valence-electron chi connectivity index (χ0n) is 15.9. The van der Waals surface area contributed by atoms with Crippen molar-refractivity contribution in [3.05, 3.63) is 35.4 Å². The van der Waals surface area contributed by atoms with Crippen molar-refractivity contribution in [3.63, 3.8) is 0 Å². The third-order valence-corrected chi connectivity index (χ3v) is 5.24. The fourth-order valence-electron chi connectivity index (χ4n) is 3.63. The van der Waals surface area contributed by atoms with Crippen molar-refractivity contribution in [1.29, 1.82) is 0 Å². The van der Waals surface area contributed by atoms with Gasteiger partial charge in [0.05, 0.1) is 23.7 Å². The van der Waals surface area contributed by atoms with Gasteiger partial charge in [0, 0.05) is 6.54 Å². The molecule has 1 aromatic carbocycles. The van der Waals surface area contributed by atoms with E-state index in [0.717, 1.165) is 6.07 Å². The van der Waals surface area contributed by atoms with E-state index in [1.807, 2.05) is 0 Å². The highest BCUT2D eigenvalue weighted by Crippen LogP contribution is 2.40. The lowest BCUT2D eigenvalue weighted by Crippen LogP contribution is -2.47. The molecule has 0 unspecified atom stereocenters. The zero-order chi connectivity index (χ0) is 20.1. The summed E-state index contributed by atoms with van der Waals surface area (Å²) >= 11 is 0. The Bertz CT molecular complexity index is 623. The van der Waals surface area contributed by atoms with Crippen molar-refractivity contribution in [2.45, 2.75) is 51.8 Å². The summed E-state index contributed by atoms with van der Waals surface area (Å²) in [4.78, 5) is 14.8. The number of esters is 1. The Kier molecular flexibility index (Phi) is 7.28. The van der Waals surface area contributed by atoms with Crippen LogP contribution >= 0.6 is 0 Å². The van der Waals surface area contributed by atoms with Gasteiger partial charge < -0.3 is 14.7 Å². The molecular formula is C20H28F3NO3. The van der Waals surface area contributed by atoms with Crippen LogP contribution in [0.1, 0.15) is 44.2 Å². The molecule has 0 radical (unpaired) electrons. The fraction of sp³-hybridized carbons (Fsp3) is 0.650. The first kappa shape index (κ1) is 21.7. The van der Waals surface area contributed by atoms with Gasteiger partial charge >= 0.3 is 12.1 Å². The van der Waals surface area contributed by atoms with Gasteiger partial charge in [-0.05, 0) is 64.3 Å². The number of hydrogen-bond acceptors (Lipinski definition) is 4. The van der Waals surface area contributed by atoms with Gasteiger partial charge in [-0.1, -0.05) is 18.2 Å². The van der Waals surface area contributed by atoms with Crippen molar-refractivity contribution in [2.75, 3.05) is 26.2 Å². The largest absolute Gasteiger partial charge is 0.466 e. The van der Waals surface area contributed by atoms with Gasteiger partial charge in [-0.2, -0.15) is 13.2 Å². The van der Waals surface area contributed by atoms with E-state index in [4.69, 9.17) is 4.74 Å². The molecule has 1 aliphatic rings. The zero-order valence-corrected chi connectivity index (χ0v) is 15.9. The molecule has 0 aromatic heterocycles. The number of nitrogens with zero attached hydrogens (tertiary/aromatic N) is 1. The molecule has 2 rings (SSSR count). The maximum atomic E-state index is 13.4. The summed E-state index contributed by atoms with van der Waals surface area (Å²) in [5.41, 5.74) is -1.50. The lowest BCUT2D eigenvalue weighted by atomic mass is 9.73. The molecule has 152 valence electrons. The van der Waals surface area contributed by atoms with Crippen LogP contribution in [-0.4, -0.2) is 48.3 Å². The number of hydrogen-bond donors (Lipinski definition) is 1. The second-order valence-corrected chi connectivity index (χ2v) is 7.31. The first-order chi connectivity index (χ1) is 12.7. The normalized spacial score (nSPS) is 18.9. The number of halogens is 3. The lowest BCUT2D eigenvalue weighted by molar-refractivity contribution is -0.159. The van der Waals surface area contributed by atoms with Gasteiger partial charge in [0.25, 0.3) is 0 Å². The summed E-state index contributed by atoms with van der Waals surface area (Å²) in [5, 5.41) is 9.44. The summed E-state index contributed by atoms with van der Waals surface area (Å²) in [5.74, 6) is -0.419. The number of likely N-dealkylation sites (tertiary alicyclic amines) is 1. The Balaban J connectivity index is 2.21. The number of rotatable bonds is 7. The Morgan fingerprint density at radius 3 is 2.48 bits per heavy atom. The molecule has 1 atom stereocenters. The van der Waals surface area contributed by atoms with E-state index in [9.17, 15) is 23.1 Å². The van der Waals surface area contributed by atoms with Gasteiger partial charge in [-0.25, -0.2) is 0 Å². The third kappa shape index (κ3) is 5.69. The molecule has 1 aliphatic heterocycles. The van der Waals surface area contributed by atoms with Gasteiger partial charge in [-0.15, -0.1) is 0 Å². The lowest BCUT2D eigenvalue weighted by Gasteiger charge is -2.40. The maximum absolute atomic E-state index is 13.4. The first-order valence-electron chi connectivity index (χ1n) is 9.41. The molecule has 0 aliphatic carbocycles. The van der Waals surface area contributed by atoms with E-state index in [0.29, 0.717) is 38.9 Å². The van der Waals surface area contributed by atoms with Crippen LogP contribution < -0.4 is 0 Å². The van der Waals surface area contributed by atoms with Crippen LogP contribution in [0.15, 0.2) is 24.3 Å². The molecular weight excluding hydrogens is 359 g/mol. The minimum absolute atomic E-state index is 0.0196. The Morgan fingerprint density at radius 1 is 1.30 bits per heavy atom. The van der Waals surface area contributed by atoms with E-state index in [2.05, 4.69) is 4.90 Å². The Morgan fingerprint density at radius 2 is 1.93 bits per heavy atom. The molecule has 1 fully saturated rings. The van der Waals surface area contributed by atoms with E-state index < -0.39 is 29.2 Å². The summed E-state index contributed by atoms with van der Waals surface area (Å²) in [7, 11) is 0. The molecule has 1 heterocycles. The highest BCUT2D eigenvalue weighted by atomic mass is 19.4. The summed E-state index contributed by atoms with van der Waals surface area (Å²) in [6.07, 6.45) is -3.32. The molecule has 1 aromatic rings. The highest BCUT2D eigenvalue weighted by molar-refractivity contribution is 5.77. The number of piperidine rings is 1. The van der Waals surface area contributed by atoms with Gasteiger partial charge in [0.1, 0.15) is 0 Å². The quantitative estimate of drug-likeness (QED) is 0.726. The summed E-state index contributed by atoms with van der Waals surface area (Å²) < 4.78 is 45.3. The van der Waals surface area contributed by atoms with E-state index >= 15 is 0 Å². The second-order valence-electron chi connectivity index (χ2n) is 7.31. The van der Waals surface area contributed by atoms with E-state index in [1.165, 1.54) is 12.1 Å². The highest BCUT2D eigenvalue weighted by Gasteiger charge is 2.44. The SMILES string of the molecule is CCOC(=O)C1(Cc2ccccc2C(F)(F)F)CCN(CC[C@H](C)O)CC1. The predicted molar refractivity (Wildman–Crippen MR) is 96.2 cm³/mol. The van der Waals surface area contributed by atoms with Crippen LogP contribution in [0.3, 0.4) is 0 Å². The van der Waals surface area contributed by atoms with Gasteiger partial charge in [-0.3, -0.25) is 4.79 Å². The Hall–Kier alpha value is -1.60. The molecule has 1 N–H and O–H groups in total. The standard InChI is InChI=1S/C20H28F3NO3/c1-3-27-18(26)19(9-12-24(13-10-19)11-8-15(2)25)14-16-6-4-5-7-17(16)20(21,22)23/h4-7,15,25H,3,8-14H2,1-2H3/t15-/m0/s1. The number of alkyl halides is 3. The molecule has 0 saturated carbocycles. The minimum atomic E-state index is -4.45. The Labute approximate surface area is 158 Å². The first-order valence-corrected chi connectivity index (χ1v) is 9.41. The van der Waals surface area contributed by atoms with Crippen LogP contribution in [0, 0.1) is 5.41 Å². The average Bonchev–Trinajstić information content (AvgIpc) is 2.61. The molecule has 7 heteroatoms. The van der Waals surface area contributed by atoms with E-state index in [-0.39, 0.29) is 18.6 Å². The van der Waals surface area contributed by atoms with Crippen LogP contribution in [0.25, 0.3) is 0 Å². The summed E-state index contributed by atoms with van der Waals surface area (Å²) in [6, 6.07) is 5.44. The molecule has 1 saturated heterocycles. The topological polar surface area (TPSA) is 49.8 Å². The molecule has 0 amide bonds. The number of aliphatic hydroxyl groups excluding tert-OH is 1. The van der Waals surface area contributed by atoms with Crippen molar-refractivity contribution >= 4 is 5.97 Å². The van der Waals surface area contributed by atoms with Crippen LogP contribution in [0.4, 0.5) is 13.2 Å². The molecule has 4 nitrogen and oxygen atoms in total. The van der Waals surface area contributed by atoms with Crippen molar-refractivity contribution < 1.29 is 27.8 Å². The third-order valence-electron chi connectivity index (χ3n) is 5.24. The van der Waals surface area contributed by atoms with E-state index in [1.54, 1.807) is 19.9 Å². The van der Waals surface area contributed by atoms with Crippen LogP contribution in [-0.2, 0) is 22.1 Å². The second kappa shape index (κ2) is 9.06. The smallest absolute Gasteiger partial charge is 0.416 e. The average molecular weight is 387 g/mol. The number of aliphatic hydroxyl groups is 1. The van der Waals surface area contributed by atoms with Crippen molar-refractivity contribution in [3.8, 4) is 0 Å². The molecule has 0 spiro atoms. The number of carbonyl (C=O) groups is 1. The fourth-order valence-corrected chi connectivity index (χ4v) is 3.63. The summed E-state index contributed by atoms with van der Waals surface area (Å²) in [6.45, 7) is 5.52. The maximum Gasteiger partial charge on any atom is 0.416 e. The van der Waals surface area contributed by atoms with Crippen molar-refractivity contribution in [1.82, 2.24) is 4.90 Å². The number of carbonyl (C=O) groups excluding carboxylic acids is 1. The predicted octanol–water partition coefficient (Wildman–Crippen LogP) is 3.66. The molecule has 27 heavy (non-hydrogen) atoms. The van der Waals surface area contributed by atoms with Gasteiger partial charge in [0.2, 0.25) is 0 Å².